The van der Waals surface area contributed by atoms with Crippen molar-refractivity contribution in [2.75, 3.05) is 26.9 Å². The summed E-state index contributed by atoms with van der Waals surface area (Å²) in [6.45, 7) is 2.31. The molecule has 0 saturated carbocycles. The zero-order valence-corrected chi connectivity index (χ0v) is 44.2. The maximum Gasteiger partial charge on any atom is 0.338 e. The molecular weight excluding hydrogens is 1060 g/mol. The third kappa shape index (κ3) is 14.7. The van der Waals surface area contributed by atoms with Crippen molar-refractivity contribution in [1.29, 1.82) is 0 Å². The molecule has 82 heavy (non-hydrogen) atoms. The quantitative estimate of drug-likeness (QED) is 0.0351. The van der Waals surface area contributed by atoms with E-state index in [1.54, 1.807) is 133 Å². The lowest BCUT2D eigenvalue weighted by Gasteiger charge is -2.49. The lowest BCUT2D eigenvalue weighted by molar-refractivity contribution is -0.352. The smallest absolute Gasteiger partial charge is 0.338 e. The maximum absolute atomic E-state index is 14.5. The van der Waals surface area contributed by atoms with E-state index in [1.807, 2.05) is 0 Å². The monoisotopic (exact) mass is 1110 g/mol. The molecule has 2 aliphatic rings. The van der Waals surface area contributed by atoms with Crippen LogP contribution in [0.15, 0.2) is 219 Å². The van der Waals surface area contributed by atoms with Gasteiger partial charge in [-0.2, -0.15) is 0 Å². The molecule has 18 nitrogen and oxygen atoms in total. The van der Waals surface area contributed by atoms with Crippen molar-refractivity contribution in [3.63, 3.8) is 0 Å². The van der Waals surface area contributed by atoms with Crippen LogP contribution >= 0.6 is 0 Å². The Kier molecular flexibility index (Phi) is 19.6. The first-order valence-corrected chi connectivity index (χ1v) is 26.0. The topological polar surface area (TPSA) is 213 Å². The van der Waals surface area contributed by atoms with E-state index in [1.165, 1.54) is 86.0 Å². The van der Waals surface area contributed by atoms with Gasteiger partial charge in [0.25, 0.3) is 0 Å². The third-order valence-electron chi connectivity index (χ3n) is 13.0. The molecule has 0 amide bonds. The number of carbonyl (C=O) groups is 6. The van der Waals surface area contributed by atoms with Gasteiger partial charge >= 0.3 is 35.8 Å². The normalized spacial score (nSPS) is 22.0. The van der Waals surface area contributed by atoms with Crippen LogP contribution in [0.25, 0.3) is 0 Å². The maximum atomic E-state index is 14.5. The standard InChI is InChI=1S/C64H56O18/c1-3-38-72-53-51(78-59(67)43-26-14-6-15-27-43)49(39-73-57(65)41-22-10-4-11-23-41)77-64(55(53)80-61(69)45-30-18-8-19-31-45)82-54-52(79-60(68)44-28-16-7-17-29-44)50(40-74-58(66)42-24-12-5-13-25-42)76-63(75-48-36-34-47(71-2)35-37-48)56(54)81-62(70)46-32-20-9-21-33-46/h3-37,49-56,63-64H,1,38-40H2,2H3/t49-,50-,51+,52+,53+,54+,55-,56-,63-,64+/m1/s1. The van der Waals surface area contributed by atoms with Crippen LogP contribution in [0, 0.1) is 0 Å². The molecule has 2 fully saturated rings. The number of ether oxygens (including phenoxy) is 12. The highest BCUT2D eigenvalue weighted by atomic mass is 16.8. The Labute approximate surface area is 471 Å². The van der Waals surface area contributed by atoms with Gasteiger partial charge in [-0.3, -0.25) is 0 Å². The van der Waals surface area contributed by atoms with Crippen molar-refractivity contribution in [1.82, 2.24) is 0 Å². The second kappa shape index (κ2) is 28.1. The highest BCUT2D eigenvalue weighted by molar-refractivity contribution is 5.92. The van der Waals surface area contributed by atoms with E-state index in [2.05, 4.69) is 6.58 Å². The van der Waals surface area contributed by atoms with Crippen LogP contribution in [0.5, 0.6) is 11.5 Å². The van der Waals surface area contributed by atoms with Gasteiger partial charge < -0.3 is 56.8 Å². The van der Waals surface area contributed by atoms with Gasteiger partial charge in [0.2, 0.25) is 6.29 Å². The van der Waals surface area contributed by atoms with Crippen LogP contribution in [0.4, 0.5) is 0 Å². The molecule has 2 saturated heterocycles. The summed E-state index contributed by atoms with van der Waals surface area (Å²) in [5.41, 5.74) is 0.691. The van der Waals surface area contributed by atoms with Crippen LogP contribution in [-0.4, -0.2) is 124 Å². The van der Waals surface area contributed by atoms with Gasteiger partial charge in [0.1, 0.15) is 49.1 Å². The zero-order chi connectivity index (χ0) is 57.2. The minimum Gasteiger partial charge on any atom is -0.497 e. The van der Waals surface area contributed by atoms with Crippen molar-refractivity contribution in [2.24, 2.45) is 0 Å². The Morgan fingerprint density at radius 1 is 0.390 bits per heavy atom. The van der Waals surface area contributed by atoms with Crippen LogP contribution < -0.4 is 9.47 Å². The van der Waals surface area contributed by atoms with E-state index in [0.717, 1.165) is 0 Å². The molecule has 2 aliphatic heterocycles. The summed E-state index contributed by atoms with van der Waals surface area (Å²) >= 11 is 0. The molecule has 7 aromatic rings. The van der Waals surface area contributed by atoms with Crippen LogP contribution in [0.1, 0.15) is 62.1 Å². The molecular formula is C64H56O18. The van der Waals surface area contributed by atoms with Crippen molar-refractivity contribution >= 4 is 35.8 Å². The van der Waals surface area contributed by atoms with Gasteiger partial charge in [0.15, 0.2) is 30.7 Å². The summed E-state index contributed by atoms with van der Waals surface area (Å²) < 4.78 is 76.2. The first kappa shape index (κ1) is 57.2. The Bertz CT molecular complexity index is 3220. The van der Waals surface area contributed by atoms with E-state index in [-0.39, 0.29) is 45.7 Å². The molecule has 0 N–H and O–H groups in total. The predicted molar refractivity (Wildman–Crippen MR) is 292 cm³/mol. The highest BCUT2D eigenvalue weighted by Crippen LogP contribution is 2.38. The van der Waals surface area contributed by atoms with Gasteiger partial charge in [-0.1, -0.05) is 115 Å². The van der Waals surface area contributed by atoms with E-state index < -0.39 is 110 Å². The van der Waals surface area contributed by atoms with E-state index >= 15 is 0 Å². The second-order valence-corrected chi connectivity index (χ2v) is 18.4. The summed E-state index contributed by atoms with van der Waals surface area (Å²) in [6.07, 6.45) is -15.5. The fraction of sp³-hybridized carbons (Fsp3) is 0.219. The van der Waals surface area contributed by atoms with Gasteiger partial charge in [-0.05, 0) is 97.1 Å². The largest absolute Gasteiger partial charge is 0.497 e. The summed E-state index contributed by atoms with van der Waals surface area (Å²) in [7, 11) is 1.48. The van der Waals surface area contributed by atoms with Crippen LogP contribution in [0.3, 0.4) is 0 Å². The number of carbonyl (C=O) groups excluding carboxylic acids is 6. The molecule has 18 heteroatoms. The zero-order valence-electron chi connectivity index (χ0n) is 44.2. The number of esters is 6. The second-order valence-electron chi connectivity index (χ2n) is 18.4. The first-order chi connectivity index (χ1) is 40.1. The summed E-state index contributed by atoms with van der Waals surface area (Å²) in [4.78, 5) is 85.3. The van der Waals surface area contributed by atoms with Gasteiger partial charge in [0.05, 0.1) is 47.1 Å². The average molecular weight is 1110 g/mol. The summed E-state index contributed by atoms with van der Waals surface area (Å²) in [6, 6.07) is 54.3. The molecule has 0 bridgehead atoms. The molecule has 0 radical (unpaired) electrons. The van der Waals surface area contributed by atoms with Gasteiger partial charge in [0, 0.05) is 0 Å². The Morgan fingerprint density at radius 2 is 0.707 bits per heavy atom. The Hall–Kier alpha value is -9.46. The van der Waals surface area contributed by atoms with Crippen LogP contribution in [-0.2, 0) is 47.4 Å². The number of hydrogen-bond donors (Lipinski definition) is 0. The highest BCUT2D eigenvalue weighted by Gasteiger charge is 2.58. The molecule has 10 atom stereocenters. The molecule has 0 aromatic heterocycles. The van der Waals surface area contributed by atoms with Gasteiger partial charge in [-0.15, -0.1) is 6.58 Å². The van der Waals surface area contributed by atoms with Crippen LogP contribution in [0.2, 0.25) is 0 Å². The van der Waals surface area contributed by atoms with Gasteiger partial charge in [-0.25, -0.2) is 28.8 Å². The SMILES string of the molecule is C=CCO[C@H]1[C@@H](OC(=O)c2ccccc2)[C@@H](COC(=O)c2ccccc2)O[C@@H](O[C@H]2[C@@H](OC(=O)c3ccccc3)[C@@H](COC(=O)c3ccccc3)O[C@@H](Oc3ccc(OC)cc3)[C@@H]2OC(=O)c2ccccc2)[C@@H]1OC(=O)c1ccccc1. The van der Waals surface area contributed by atoms with Crippen molar-refractivity contribution < 1.29 is 85.6 Å². The minimum atomic E-state index is -1.93. The first-order valence-electron chi connectivity index (χ1n) is 26.0. The van der Waals surface area contributed by atoms with E-state index in [0.29, 0.717) is 5.75 Å². The average Bonchev–Trinajstić information content (AvgIpc) is 3.70. The van der Waals surface area contributed by atoms with E-state index in [4.69, 9.17) is 56.8 Å². The third-order valence-corrected chi connectivity index (χ3v) is 13.0. The number of hydrogen-bond acceptors (Lipinski definition) is 18. The van der Waals surface area contributed by atoms with E-state index in [9.17, 15) is 28.8 Å². The summed E-state index contributed by atoms with van der Waals surface area (Å²) in [5, 5.41) is 0. The lowest BCUT2D eigenvalue weighted by Crippen LogP contribution is -2.67. The molecule has 2 heterocycles. The lowest BCUT2D eigenvalue weighted by atomic mass is 9.95. The Morgan fingerprint density at radius 3 is 1.07 bits per heavy atom. The molecule has 9 rings (SSSR count). The fourth-order valence-corrected chi connectivity index (χ4v) is 8.93. The van der Waals surface area contributed by atoms with Crippen molar-refractivity contribution in [2.45, 2.75) is 61.4 Å². The fourth-order valence-electron chi connectivity index (χ4n) is 8.93. The number of benzene rings is 7. The Balaban J connectivity index is 1.20. The molecule has 7 aromatic carbocycles. The molecule has 0 spiro atoms. The predicted octanol–water partition coefficient (Wildman–Crippen LogP) is 9.10. The minimum absolute atomic E-state index is 0.0700. The number of methoxy groups -OCH3 is 1. The molecule has 0 unspecified atom stereocenters. The molecule has 420 valence electrons. The summed E-state index contributed by atoms with van der Waals surface area (Å²) in [5.74, 6) is -4.56. The number of rotatable bonds is 22. The van der Waals surface area contributed by atoms with Crippen molar-refractivity contribution in [3.8, 4) is 11.5 Å². The molecule has 0 aliphatic carbocycles. The van der Waals surface area contributed by atoms with Crippen molar-refractivity contribution in [3.05, 3.63) is 252 Å².